The van der Waals surface area contributed by atoms with E-state index >= 15 is 0 Å². The largest absolute Gasteiger partial charge is 0.456 e. The highest BCUT2D eigenvalue weighted by molar-refractivity contribution is 7.14. The number of anilines is 3. The van der Waals surface area contributed by atoms with Crippen LogP contribution in [0, 0.1) is 0 Å². The van der Waals surface area contributed by atoms with Crippen molar-refractivity contribution in [2.75, 3.05) is 10.2 Å². The summed E-state index contributed by atoms with van der Waals surface area (Å²) < 4.78 is 10.6. The van der Waals surface area contributed by atoms with E-state index in [-0.39, 0.29) is 12.5 Å². The molecular weight excluding hydrogens is 466 g/mol. The Hall–Kier alpha value is -3.72. The smallest absolute Gasteiger partial charge is 0.412 e. The summed E-state index contributed by atoms with van der Waals surface area (Å²) in [5.41, 5.74) is 2.67. The van der Waals surface area contributed by atoms with Crippen LogP contribution < -0.4 is 10.2 Å². The summed E-state index contributed by atoms with van der Waals surface area (Å²) in [5.74, 6) is -0.686. The number of carbonyl (C=O) groups excluding carboxylic acids is 3. The lowest BCUT2D eigenvalue weighted by Crippen LogP contribution is -2.27. The van der Waals surface area contributed by atoms with Gasteiger partial charge in [-0.3, -0.25) is 15.0 Å². The van der Waals surface area contributed by atoms with Crippen molar-refractivity contribution in [1.29, 1.82) is 0 Å². The predicted molar refractivity (Wildman–Crippen MR) is 136 cm³/mol. The van der Waals surface area contributed by atoms with E-state index in [1.165, 1.54) is 28.7 Å². The normalized spacial score (nSPS) is 11.0. The Morgan fingerprint density at radius 1 is 1.03 bits per heavy atom. The quantitative estimate of drug-likeness (QED) is 0.398. The number of ether oxygens (including phenoxy) is 2. The molecule has 0 aliphatic carbocycles. The first-order valence-corrected chi connectivity index (χ1v) is 12.0. The molecule has 0 aliphatic rings. The lowest BCUT2D eigenvalue weighted by atomic mass is 10.1. The Balaban J connectivity index is 1.60. The van der Waals surface area contributed by atoms with Crippen molar-refractivity contribution in [3.63, 3.8) is 0 Å². The molecule has 0 bridgehead atoms. The van der Waals surface area contributed by atoms with Crippen LogP contribution in [-0.2, 0) is 27.3 Å². The predicted octanol–water partition coefficient (Wildman–Crippen LogP) is 6.09. The molecule has 2 aromatic carbocycles. The number of amides is 2. The van der Waals surface area contributed by atoms with Gasteiger partial charge in [-0.25, -0.2) is 14.6 Å². The van der Waals surface area contributed by atoms with Gasteiger partial charge in [0.1, 0.15) is 12.2 Å². The van der Waals surface area contributed by atoms with Crippen LogP contribution in [0.1, 0.15) is 56.2 Å². The van der Waals surface area contributed by atoms with Gasteiger partial charge in [0.15, 0.2) is 5.13 Å². The van der Waals surface area contributed by atoms with Gasteiger partial charge in [0.25, 0.3) is 0 Å². The summed E-state index contributed by atoms with van der Waals surface area (Å²) in [6.45, 7) is 8.85. The van der Waals surface area contributed by atoms with Crippen molar-refractivity contribution in [2.24, 2.45) is 0 Å². The van der Waals surface area contributed by atoms with Crippen LogP contribution in [0.5, 0.6) is 0 Å². The number of thiazole rings is 1. The molecular formula is C26H29N3O5S. The number of hydrogen-bond donors (Lipinski definition) is 1. The average Bonchev–Trinajstić information content (AvgIpc) is 3.25. The topological polar surface area (TPSA) is 97.8 Å². The summed E-state index contributed by atoms with van der Waals surface area (Å²) in [4.78, 5) is 42.6. The second-order valence-electron chi connectivity index (χ2n) is 8.78. The van der Waals surface area contributed by atoms with Crippen LogP contribution in [0.15, 0.2) is 53.9 Å². The van der Waals surface area contributed by atoms with Gasteiger partial charge in [-0.15, -0.1) is 11.3 Å². The van der Waals surface area contributed by atoms with Crippen LogP contribution in [0.3, 0.4) is 0 Å². The summed E-state index contributed by atoms with van der Waals surface area (Å²) in [6.07, 6.45) is 0.337. The number of rotatable bonds is 7. The molecule has 0 atom stereocenters. The van der Waals surface area contributed by atoms with Crippen molar-refractivity contribution < 1.29 is 23.9 Å². The summed E-state index contributed by atoms with van der Waals surface area (Å²) in [6, 6.07) is 14.0. The Morgan fingerprint density at radius 2 is 1.69 bits per heavy atom. The highest BCUT2D eigenvalue weighted by Gasteiger charge is 2.19. The fraction of sp³-hybridized carbons (Fsp3) is 0.308. The van der Waals surface area contributed by atoms with E-state index in [2.05, 4.69) is 17.2 Å². The molecule has 9 heteroatoms. The van der Waals surface area contributed by atoms with E-state index < -0.39 is 17.7 Å². The molecule has 0 fully saturated rings. The SMILES string of the molecule is CCc1ccc(N(C(C)=O)c2nc(COC(=O)c3ccc(NC(=O)OC(C)(C)C)cc3)cs2)cc1. The first kappa shape index (κ1) is 25.9. The molecule has 0 saturated carbocycles. The molecule has 184 valence electrons. The standard InChI is InChI=1S/C26H29N3O5S/c1-6-18-7-13-22(14-8-18)29(17(2)30)24-27-21(16-35-24)15-33-23(31)19-9-11-20(12-10-19)28-25(32)34-26(3,4)5/h7-14,16H,6,15H2,1-5H3,(H,28,32). The number of esters is 1. The molecule has 3 aromatic rings. The Morgan fingerprint density at radius 3 is 2.26 bits per heavy atom. The number of aromatic nitrogens is 1. The first-order valence-electron chi connectivity index (χ1n) is 11.2. The van der Waals surface area contributed by atoms with Gasteiger partial charge in [0.05, 0.1) is 16.9 Å². The lowest BCUT2D eigenvalue weighted by Gasteiger charge is -2.19. The molecule has 0 spiro atoms. The van der Waals surface area contributed by atoms with Crippen molar-refractivity contribution in [3.8, 4) is 0 Å². The molecule has 0 radical (unpaired) electrons. The van der Waals surface area contributed by atoms with E-state index in [0.29, 0.717) is 22.1 Å². The molecule has 2 amide bonds. The zero-order valence-electron chi connectivity index (χ0n) is 20.5. The van der Waals surface area contributed by atoms with E-state index in [0.717, 1.165) is 12.1 Å². The number of hydrogen-bond acceptors (Lipinski definition) is 7. The highest BCUT2D eigenvalue weighted by atomic mass is 32.1. The Kier molecular flexibility index (Phi) is 8.24. The van der Waals surface area contributed by atoms with Crippen LogP contribution in [-0.4, -0.2) is 28.6 Å². The summed E-state index contributed by atoms with van der Waals surface area (Å²) in [5, 5.41) is 4.87. The van der Waals surface area contributed by atoms with Gasteiger partial charge >= 0.3 is 12.1 Å². The number of aryl methyl sites for hydroxylation is 1. The monoisotopic (exact) mass is 495 g/mol. The minimum atomic E-state index is -0.607. The maximum absolute atomic E-state index is 12.4. The van der Waals surface area contributed by atoms with Crippen LogP contribution in [0.25, 0.3) is 0 Å². The van der Waals surface area contributed by atoms with Gasteiger partial charge in [-0.05, 0) is 69.2 Å². The zero-order valence-corrected chi connectivity index (χ0v) is 21.3. The third-order valence-corrected chi connectivity index (χ3v) is 5.64. The first-order chi connectivity index (χ1) is 16.6. The van der Waals surface area contributed by atoms with Crippen LogP contribution >= 0.6 is 11.3 Å². The summed E-state index contributed by atoms with van der Waals surface area (Å²) >= 11 is 1.30. The number of benzene rings is 2. The third-order valence-electron chi connectivity index (χ3n) is 4.77. The van der Waals surface area contributed by atoms with Crippen molar-refractivity contribution in [2.45, 2.75) is 53.2 Å². The second kappa shape index (κ2) is 11.1. The fourth-order valence-corrected chi connectivity index (χ4v) is 3.98. The number of nitrogens with zero attached hydrogens (tertiary/aromatic N) is 2. The zero-order chi connectivity index (χ0) is 25.6. The number of nitrogens with one attached hydrogen (secondary N) is 1. The minimum absolute atomic E-state index is 0.0340. The van der Waals surface area contributed by atoms with Crippen molar-refractivity contribution >= 4 is 45.8 Å². The van der Waals surface area contributed by atoms with Crippen molar-refractivity contribution in [3.05, 3.63) is 70.7 Å². The highest BCUT2D eigenvalue weighted by Crippen LogP contribution is 2.29. The average molecular weight is 496 g/mol. The van der Waals surface area contributed by atoms with Crippen LogP contribution in [0.4, 0.5) is 21.3 Å². The van der Waals surface area contributed by atoms with Crippen LogP contribution in [0.2, 0.25) is 0 Å². The fourth-order valence-electron chi connectivity index (χ4n) is 3.11. The Bertz CT molecular complexity index is 1180. The van der Waals surface area contributed by atoms with Gasteiger partial charge in [0.2, 0.25) is 5.91 Å². The lowest BCUT2D eigenvalue weighted by molar-refractivity contribution is -0.115. The third kappa shape index (κ3) is 7.38. The molecule has 3 rings (SSSR count). The van der Waals surface area contributed by atoms with Gasteiger partial charge in [-0.2, -0.15) is 0 Å². The van der Waals surface area contributed by atoms with E-state index in [1.54, 1.807) is 50.4 Å². The second-order valence-corrected chi connectivity index (χ2v) is 9.61. The molecule has 35 heavy (non-hydrogen) atoms. The maximum Gasteiger partial charge on any atom is 0.412 e. The Labute approximate surface area is 208 Å². The van der Waals surface area contributed by atoms with E-state index in [9.17, 15) is 14.4 Å². The van der Waals surface area contributed by atoms with Gasteiger partial charge < -0.3 is 9.47 Å². The van der Waals surface area contributed by atoms with Gasteiger partial charge in [-0.1, -0.05) is 19.1 Å². The maximum atomic E-state index is 12.4. The van der Waals surface area contributed by atoms with E-state index in [1.807, 2.05) is 24.3 Å². The van der Waals surface area contributed by atoms with Crippen molar-refractivity contribution in [1.82, 2.24) is 4.98 Å². The molecule has 1 N–H and O–H groups in total. The molecule has 8 nitrogen and oxygen atoms in total. The molecule has 0 unspecified atom stereocenters. The van der Waals surface area contributed by atoms with E-state index in [4.69, 9.17) is 9.47 Å². The minimum Gasteiger partial charge on any atom is -0.456 e. The molecule has 1 heterocycles. The molecule has 0 aliphatic heterocycles. The van der Waals surface area contributed by atoms with Gasteiger partial charge in [0, 0.05) is 18.0 Å². The molecule has 0 saturated heterocycles. The number of carbonyl (C=O) groups is 3. The molecule has 1 aromatic heterocycles. The summed E-state index contributed by atoms with van der Waals surface area (Å²) in [7, 11) is 0.